The number of carbonyl (C=O) groups is 1. The summed E-state index contributed by atoms with van der Waals surface area (Å²) in [5.41, 5.74) is 6.66. The number of aromatic nitrogens is 1. The summed E-state index contributed by atoms with van der Waals surface area (Å²) in [5, 5.41) is 3.20. The Morgan fingerprint density at radius 2 is 2.10 bits per heavy atom. The molecule has 2 aromatic rings. The second kappa shape index (κ2) is 5.98. The topological polar surface area (TPSA) is 77.2 Å². The van der Waals surface area contributed by atoms with Crippen LogP contribution in [0.4, 0.5) is 11.4 Å². The zero-order valence-electron chi connectivity index (χ0n) is 10.5. The zero-order valence-corrected chi connectivity index (χ0v) is 12.0. The molecule has 1 aromatic carbocycles. The number of ether oxygens (including phenoxy) is 1. The van der Waals surface area contributed by atoms with Crippen LogP contribution in [0.25, 0.3) is 0 Å². The number of halogens is 2. The van der Waals surface area contributed by atoms with Crippen molar-refractivity contribution in [2.75, 3.05) is 18.2 Å². The lowest BCUT2D eigenvalue weighted by Crippen LogP contribution is -2.13. The summed E-state index contributed by atoms with van der Waals surface area (Å²) < 4.78 is 5.07. The van der Waals surface area contributed by atoms with Crippen LogP contribution in [0.1, 0.15) is 10.4 Å². The maximum Gasteiger partial charge on any atom is 0.258 e. The third kappa shape index (κ3) is 3.12. The number of nitrogen functional groups attached to an aromatic ring is 1. The van der Waals surface area contributed by atoms with Gasteiger partial charge in [-0.05, 0) is 18.2 Å². The molecule has 0 aliphatic heterocycles. The van der Waals surface area contributed by atoms with E-state index in [1.54, 1.807) is 18.2 Å². The fraction of sp³-hybridized carbons (Fsp3) is 0.0769. The van der Waals surface area contributed by atoms with Crippen LogP contribution in [0.3, 0.4) is 0 Å². The molecule has 0 bridgehead atoms. The molecule has 20 heavy (non-hydrogen) atoms. The van der Waals surface area contributed by atoms with Crippen LogP contribution in [0.15, 0.2) is 30.5 Å². The SMILES string of the molecule is COc1cc(NC(=O)c2cc(N)cnc2Cl)ccc1Cl. The number of nitrogens with two attached hydrogens (primary N) is 1. The van der Waals surface area contributed by atoms with Crippen molar-refractivity contribution in [2.45, 2.75) is 0 Å². The van der Waals surface area contributed by atoms with Crippen molar-refractivity contribution in [3.05, 3.63) is 46.2 Å². The van der Waals surface area contributed by atoms with E-state index in [0.717, 1.165) is 0 Å². The first kappa shape index (κ1) is 14.4. The van der Waals surface area contributed by atoms with E-state index < -0.39 is 5.91 Å². The zero-order chi connectivity index (χ0) is 14.7. The third-order valence-corrected chi connectivity index (χ3v) is 3.13. The number of carbonyl (C=O) groups excluding carboxylic acids is 1. The van der Waals surface area contributed by atoms with Gasteiger partial charge in [0.05, 0.1) is 29.6 Å². The quantitative estimate of drug-likeness (QED) is 0.853. The Morgan fingerprint density at radius 3 is 2.80 bits per heavy atom. The molecule has 5 nitrogen and oxygen atoms in total. The summed E-state index contributed by atoms with van der Waals surface area (Å²) in [6.07, 6.45) is 1.38. The Kier molecular flexibility index (Phi) is 4.32. The van der Waals surface area contributed by atoms with Gasteiger partial charge in [-0.2, -0.15) is 0 Å². The van der Waals surface area contributed by atoms with Crippen molar-refractivity contribution in [2.24, 2.45) is 0 Å². The summed E-state index contributed by atoms with van der Waals surface area (Å²) in [6, 6.07) is 6.33. The Bertz CT molecular complexity index is 662. The van der Waals surface area contributed by atoms with E-state index >= 15 is 0 Å². The van der Waals surface area contributed by atoms with Gasteiger partial charge < -0.3 is 15.8 Å². The average molecular weight is 312 g/mol. The van der Waals surface area contributed by atoms with E-state index in [-0.39, 0.29) is 10.7 Å². The minimum Gasteiger partial charge on any atom is -0.495 e. The second-order valence-corrected chi connectivity index (χ2v) is 4.68. The van der Waals surface area contributed by atoms with Crippen LogP contribution in [0.2, 0.25) is 10.2 Å². The maximum atomic E-state index is 12.1. The lowest BCUT2D eigenvalue weighted by atomic mass is 10.2. The van der Waals surface area contributed by atoms with Crippen molar-refractivity contribution in [1.29, 1.82) is 0 Å². The van der Waals surface area contributed by atoms with Crippen LogP contribution < -0.4 is 15.8 Å². The molecule has 0 aliphatic rings. The van der Waals surface area contributed by atoms with Gasteiger partial charge in [-0.25, -0.2) is 4.98 Å². The van der Waals surface area contributed by atoms with E-state index in [4.69, 9.17) is 33.7 Å². The maximum absolute atomic E-state index is 12.1. The molecule has 7 heteroatoms. The smallest absolute Gasteiger partial charge is 0.258 e. The number of amides is 1. The first-order valence-corrected chi connectivity index (χ1v) is 6.32. The number of nitrogens with zero attached hydrogens (tertiary/aromatic N) is 1. The number of nitrogens with one attached hydrogen (secondary N) is 1. The minimum absolute atomic E-state index is 0.0811. The fourth-order valence-electron chi connectivity index (χ4n) is 1.56. The van der Waals surface area contributed by atoms with Crippen LogP contribution in [-0.2, 0) is 0 Å². The second-order valence-electron chi connectivity index (χ2n) is 3.91. The Hall–Kier alpha value is -1.98. The van der Waals surface area contributed by atoms with Crippen LogP contribution in [0, 0.1) is 0 Å². The number of rotatable bonds is 3. The molecule has 0 saturated carbocycles. The van der Waals surface area contributed by atoms with Gasteiger partial charge in [-0.1, -0.05) is 23.2 Å². The van der Waals surface area contributed by atoms with Gasteiger partial charge in [-0.15, -0.1) is 0 Å². The van der Waals surface area contributed by atoms with E-state index in [0.29, 0.717) is 22.1 Å². The monoisotopic (exact) mass is 311 g/mol. The lowest BCUT2D eigenvalue weighted by Gasteiger charge is -2.09. The Balaban J connectivity index is 2.25. The summed E-state index contributed by atoms with van der Waals surface area (Å²) in [6.45, 7) is 0. The number of benzene rings is 1. The van der Waals surface area contributed by atoms with E-state index in [1.807, 2.05) is 0 Å². The Labute approximate surface area is 125 Å². The first-order valence-electron chi connectivity index (χ1n) is 5.57. The molecule has 0 spiro atoms. The molecule has 0 radical (unpaired) electrons. The van der Waals surface area contributed by atoms with Crippen molar-refractivity contribution < 1.29 is 9.53 Å². The van der Waals surface area contributed by atoms with Crippen molar-refractivity contribution in [1.82, 2.24) is 4.98 Å². The molecule has 3 N–H and O–H groups in total. The summed E-state index contributed by atoms with van der Waals surface area (Å²) in [4.78, 5) is 15.9. The predicted octanol–water partition coefficient (Wildman–Crippen LogP) is 3.23. The minimum atomic E-state index is -0.417. The summed E-state index contributed by atoms with van der Waals surface area (Å²) >= 11 is 11.8. The van der Waals surface area contributed by atoms with Gasteiger partial charge in [0.15, 0.2) is 0 Å². The fourth-order valence-corrected chi connectivity index (χ4v) is 1.94. The highest BCUT2D eigenvalue weighted by Gasteiger charge is 2.13. The van der Waals surface area contributed by atoms with Gasteiger partial charge in [0.2, 0.25) is 0 Å². The number of pyridine rings is 1. The predicted molar refractivity (Wildman–Crippen MR) is 79.6 cm³/mol. The molecule has 0 saturated heterocycles. The molecule has 104 valence electrons. The van der Waals surface area contributed by atoms with Crippen molar-refractivity contribution >= 4 is 40.5 Å². The van der Waals surface area contributed by atoms with E-state index in [9.17, 15) is 4.79 Å². The standard InChI is InChI=1S/C13H11Cl2N3O2/c1-20-11-5-8(2-3-10(11)14)18-13(19)9-4-7(16)6-17-12(9)15/h2-6H,16H2,1H3,(H,18,19). The van der Waals surface area contributed by atoms with Gasteiger partial charge in [0.25, 0.3) is 5.91 Å². The Morgan fingerprint density at radius 1 is 1.35 bits per heavy atom. The van der Waals surface area contributed by atoms with Crippen molar-refractivity contribution in [3.8, 4) is 5.75 Å². The number of anilines is 2. The molecular weight excluding hydrogens is 301 g/mol. The number of hydrogen-bond donors (Lipinski definition) is 2. The van der Waals surface area contributed by atoms with Gasteiger partial charge in [0, 0.05) is 11.8 Å². The van der Waals surface area contributed by atoms with Crippen molar-refractivity contribution in [3.63, 3.8) is 0 Å². The highest BCUT2D eigenvalue weighted by atomic mass is 35.5. The summed E-state index contributed by atoms with van der Waals surface area (Å²) in [7, 11) is 1.49. The largest absolute Gasteiger partial charge is 0.495 e. The van der Waals surface area contributed by atoms with E-state index in [2.05, 4.69) is 10.3 Å². The van der Waals surface area contributed by atoms with Crippen LogP contribution in [-0.4, -0.2) is 18.0 Å². The molecular formula is C13H11Cl2N3O2. The van der Waals surface area contributed by atoms with E-state index in [1.165, 1.54) is 19.4 Å². The molecule has 1 heterocycles. The molecule has 0 unspecified atom stereocenters. The van der Waals surface area contributed by atoms with Gasteiger partial charge in [-0.3, -0.25) is 4.79 Å². The highest BCUT2D eigenvalue weighted by molar-refractivity contribution is 6.33. The highest BCUT2D eigenvalue weighted by Crippen LogP contribution is 2.28. The molecule has 1 aromatic heterocycles. The van der Waals surface area contributed by atoms with Crippen LogP contribution in [0.5, 0.6) is 5.75 Å². The van der Waals surface area contributed by atoms with Gasteiger partial charge >= 0.3 is 0 Å². The normalized spacial score (nSPS) is 10.2. The molecule has 1 amide bonds. The number of methoxy groups -OCH3 is 1. The third-order valence-electron chi connectivity index (χ3n) is 2.51. The van der Waals surface area contributed by atoms with Crippen LogP contribution >= 0.6 is 23.2 Å². The molecule has 0 fully saturated rings. The molecule has 0 atom stereocenters. The first-order chi connectivity index (χ1) is 9.51. The summed E-state index contributed by atoms with van der Waals surface area (Å²) in [5.74, 6) is 0.0421. The number of hydrogen-bond acceptors (Lipinski definition) is 4. The molecule has 0 aliphatic carbocycles. The lowest BCUT2D eigenvalue weighted by molar-refractivity contribution is 0.102. The molecule has 2 rings (SSSR count). The van der Waals surface area contributed by atoms with Gasteiger partial charge in [0.1, 0.15) is 10.9 Å². The average Bonchev–Trinajstić information content (AvgIpc) is 2.43.